The number of ether oxygens (including phenoxy) is 1. The van der Waals surface area contributed by atoms with Crippen molar-refractivity contribution in [2.45, 2.75) is 64.5 Å². The summed E-state index contributed by atoms with van der Waals surface area (Å²) in [6, 6.07) is 13.4. The van der Waals surface area contributed by atoms with Crippen LogP contribution < -0.4 is 30.9 Å². The number of halogens is 7. The van der Waals surface area contributed by atoms with Crippen molar-refractivity contribution in [3.63, 3.8) is 0 Å². The molecular formula is C59H61Cl3F4N10O6. The lowest BCUT2D eigenvalue weighted by Crippen LogP contribution is -2.52. The number of phenols is 1. The summed E-state index contributed by atoms with van der Waals surface area (Å²) in [5.74, 6) is -6.81. The van der Waals surface area contributed by atoms with Crippen LogP contribution in [0.15, 0.2) is 96.3 Å². The van der Waals surface area contributed by atoms with Crippen LogP contribution in [0.2, 0.25) is 10.0 Å². The third-order valence-corrected chi connectivity index (χ3v) is 16.1. The number of carbonyl (C=O) groups is 4. The third-order valence-electron chi connectivity index (χ3n) is 15.3. The van der Waals surface area contributed by atoms with E-state index in [4.69, 9.17) is 39.5 Å². The average Bonchev–Trinajstić information content (AvgIpc) is 2.16. The number of rotatable bonds is 17. The fourth-order valence-corrected chi connectivity index (χ4v) is 12.0. The Balaban J connectivity index is 0.943. The van der Waals surface area contributed by atoms with E-state index in [0.29, 0.717) is 26.2 Å². The SMILES string of the molecule is C=CC(=O)N1CCN(c2nc(NCCC(=O)N(C)CCNC(=O)c3ccc(NC(=O)[C@@H]4N[C@@H](CC(C)(C)C)[C@](C#N)(c5ccc(Cl)cc5F)[C@H]4C4(C)CC=CC(Cl)=C4F)c(OC)c3)nc3c(F)c(-c4c(O)cccc4F)c(Cl)cc23)CC1. The monoisotopic (exact) mass is 1190 g/mol. The molecule has 5 aromatic rings. The van der Waals surface area contributed by atoms with Gasteiger partial charge >= 0.3 is 0 Å². The number of piperazine rings is 1. The highest BCUT2D eigenvalue weighted by molar-refractivity contribution is 6.34. The summed E-state index contributed by atoms with van der Waals surface area (Å²) in [6.07, 6.45) is 4.49. The Hall–Kier alpha value is -7.44. The molecule has 0 bridgehead atoms. The van der Waals surface area contributed by atoms with Crippen LogP contribution in [0.4, 0.5) is 35.0 Å². The van der Waals surface area contributed by atoms with Gasteiger partial charge in [-0.25, -0.2) is 22.5 Å². The lowest BCUT2D eigenvalue weighted by atomic mass is 9.54. The van der Waals surface area contributed by atoms with Gasteiger partial charge in [0.25, 0.3) is 5.91 Å². The number of methoxy groups -OCH3 is 1. The van der Waals surface area contributed by atoms with Gasteiger partial charge < -0.3 is 45.8 Å². The lowest BCUT2D eigenvalue weighted by molar-refractivity contribution is -0.129. The van der Waals surface area contributed by atoms with Gasteiger partial charge in [-0.3, -0.25) is 19.2 Å². The number of aromatic hydroxyl groups is 1. The molecule has 0 radical (unpaired) electrons. The number of allylic oxidation sites excluding steroid dienone is 4. The van der Waals surface area contributed by atoms with Crippen molar-refractivity contribution < 1.29 is 46.6 Å². The Morgan fingerprint density at radius 2 is 1.72 bits per heavy atom. The minimum absolute atomic E-state index is 0.0160. The molecule has 1 unspecified atom stereocenters. The summed E-state index contributed by atoms with van der Waals surface area (Å²) in [6.45, 7) is 12.2. The lowest BCUT2D eigenvalue weighted by Gasteiger charge is -2.46. The van der Waals surface area contributed by atoms with Crippen LogP contribution in [-0.4, -0.2) is 121 Å². The van der Waals surface area contributed by atoms with Crippen LogP contribution in [0.25, 0.3) is 22.0 Å². The largest absolute Gasteiger partial charge is 0.507 e. The van der Waals surface area contributed by atoms with Gasteiger partial charge in [-0.05, 0) is 78.9 Å². The average molecular weight is 1190 g/mol. The number of aromatic nitrogens is 2. The van der Waals surface area contributed by atoms with Gasteiger partial charge in [0.2, 0.25) is 23.7 Å². The van der Waals surface area contributed by atoms with E-state index < -0.39 is 86.2 Å². The van der Waals surface area contributed by atoms with Gasteiger partial charge in [-0.1, -0.05) is 87.3 Å². The minimum atomic E-state index is -1.84. The summed E-state index contributed by atoms with van der Waals surface area (Å²) in [5, 5.41) is 33.8. The highest BCUT2D eigenvalue weighted by Crippen LogP contribution is 2.59. The summed E-state index contributed by atoms with van der Waals surface area (Å²) < 4.78 is 70.4. The fourth-order valence-electron chi connectivity index (χ4n) is 11.3. The van der Waals surface area contributed by atoms with Crippen LogP contribution in [-0.2, 0) is 19.8 Å². The van der Waals surface area contributed by atoms with Crippen LogP contribution in [0.3, 0.4) is 0 Å². The van der Waals surface area contributed by atoms with Crippen molar-refractivity contribution in [1.29, 1.82) is 5.26 Å². The Morgan fingerprint density at radius 1 is 0.988 bits per heavy atom. The van der Waals surface area contributed by atoms with E-state index in [9.17, 15) is 29.5 Å². The maximum absolute atomic E-state index is 16.7. The van der Waals surface area contributed by atoms with Crippen molar-refractivity contribution in [3.05, 3.63) is 135 Å². The molecule has 4 aromatic carbocycles. The zero-order valence-corrected chi connectivity index (χ0v) is 48.1. The number of likely N-dealkylation sites (N-methyl/N-ethyl adjacent to an activating group) is 1. The zero-order chi connectivity index (χ0) is 59.6. The highest BCUT2D eigenvalue weighted by atomic mass is 35.5. The maximum atomic E-state index is 16.7. The van der Waals surface area contributed by atoms with E-state index in [2.05, 4.69) is 43.9 Å². The van der Waals surface area contributed by atoms with Crippen molar-refractivity contribution in [3.8, 4) is 28.7 Å². The highest BCUT2D eigenvalue weighted by Gasteiger charge is 2.66. The van der Waals surface area contributed by atoms with E-state index >= 15 is 17.6 Å². The number of nitriles is 1. The Kier molecular flexibility index (Phi) is 18.2. The van der Waals surface area contributed by atoms with Gasteiger partial charge in [0.05, 0.1) is 40.5 Å². The predicted octanol–water partition coefficient (Wildman–Crippen LogP) is 10.4. The number of carbonyl (C=O) groups excluding carboxylic acids is 4. The van der Waals surface area contributed by atoms with Crippen LogP contribution in [0.1, 0.15) is 62.9 Å². The fraction of sp³-hybridized carbons (Fsp3) is 0.373. The molecular weight excluding hydrogens is 1130 g/mol. The smallest absolute Gasteiger partial charge is 0.251 e. The number of phenolic OH excluding ortho intramolecular Hbond substituents is 1. The first-order valence-corrected chi connectivity index (χ1v) is 27.4. The van der Waals surface area contributed by atoms with E-state index in [0.717, 1.165) is 12.1 Å². The quantitative estimate of drug-likeness (QED) is 0.0436. The number of anilines is 3. The normalized spacial score (nSPS) is 20.8. The van der Waals surface area contributed by atoms with Gasteiger partial charge in [-0.2, -0.15) is 10.2 Å². The van der Waals surface area contributed by atoms with Gasteiger partial charge in [0, 0.05) is 104 Å². The molecule has 3 heterocycles. The van der Waals surface area contributed by atoms with E-state index in [-0.39, 0.29) is 111 Å². The predicted molar refractivity (Wildman–Crippen MR) is 308 cm³/mol. The van der Waals surface area contributed by atoms with Crippen molar-refractivity contribution in [1.82, 2.24) is 30.4 Å². The third kappa shape index (κ3) is 12.1. The molecule has 16 nitrogen and oxygen atoms in total. The molecule has 3 aliphatic rings. The second kappa shape index (κ2) is 24.6. The molecule has 82 heavy (non-hydrogen) atoms. The Bertz CT molecular complexity index is 3460. The first-order chi connectivity index (χ1) is 38.9. The molecule has 23 heteroatoms. The molecule has 2 fully saturated rings. The number of nitrogens with zero attached hydrogens (tertiary/aromatic N) is 6. The van der Waals surface area contributed by atoms with Crippen LogP contribution in [0.5, 0.6) is 11.5 Å². The number of hydrogen-bond donors (Lipinski definition) is 5. The van der Waals surface area contributed by atoms with Gasteiger partial charge in [0.1, 0.15) is 45.7 Å². The molecule has 432 valence electrons. The molecule has 4 amide bonds. The second-order valence-corrected chi connectivity index (χ2v) is 23.1. The second-order valence-electron chi connectivity index (χ2n) is 21.8. The molecule has 5 N–H and O–H groups in total. The van der Waals surface area contributed by atoms with Gasteiger partial charge in [-0.15, -0.1) is 0 Å². The molecule has 1 aliphatic carbocycles. The Morgan fingerprint density at radius 3 is 2.38 bits per heavy atom. The van der Waals surface area contributed by atoms with Crippen LogP contribution in [0, 0.1) is 45.5 Å². The Labute approximate surface area is 487 Å². The molecule has 8 rings (SSSR count). The summed E-state index contributed by atoms with van der Waals surface area (Å²) >= 11 is 19.2. The molecule has 1 aromatic heterocycles. The molecule has 0 saturated carbocycles. The number of fused-ring (bicyclic) bond motifs is 1. The van der Waals surface area contributed by atoms with E-state index in [1.165, 1.54) is 72.7 Å². The summed E-state index contributed by atoms with van der Waals surface area (Å²) in [5.41, 5.74) is -4.77. The van der Waals surface area contributed by atoms with Crippen molar-refractivity contribution >= 4 is 86.8 Å². The zero-order valence-electron chi connectivity index (χ0n) is 45.8. The van der Waals surface area contributed by atoms with Crippen molar-refractivity contribution in [2.24, 2.45) is 16.7 Å². The summed E-state index contributed by atoms with van der Waals surface area (Å²) in [4.78, 5) is 68.0. The molecule has 0 spiro atoms. The standard InChI is InChI=1S/C59H61Cl3F4N10O6/c1-8-44(78)75-23-25-76(26-24-75)53-34-29-37(62)46(47-38(63)12-9-13-41(47)77)48(65)49(34)72-56(73-53)69-20-18-45(79)74(6)22-21-68-54(80)32-14-17-40(42(27-32)82-7)70-55(81)50-51(58(5)19-10-11-36(61)52(58)66)59(31-67,43(71-50)30-57(2,3)4)35-16-15-33(60)28-39(35)64/h8-17,27-29,43,50-51,71,77H,1,18-26,30H2,2-7H3,(H,68,80)(H,70,81)(H,69,72,73)/t43-,50+,51+,58?,59-/m0/s1. The first kappa shape index (κ1) is 60.7. The minimum Gasteiger partial charge on any atom is -0.507 e. The van der Waals surface area contributed by atoms with Crippen LogP contribution >= 0.6 is 34.8 Å². The maximum Gasteiger partial charge on any atom is 0.251 e. The first-order valence-electron chi connectivity index (χ1n) is 26.3. The molecule has 2 saturated heterocycles. The topological polar surface area (TPSA) is 205 Å². The van der Waals surface area contributed by atoms with Gasteiger partial charge in [0.15, 0.2) is 5.82 Å². The number of benzene rings is 4. The number of hydrogen-bond acceptors (Lipinski definition) is 12. The number of amides is 4. The molecule has 2 aliphatic heterocycles. The van der Waals surface area contributed by atoms with E-state index in [1.807, 2.05) is 25.7 Å². The van der Waals surface area contributed by atoms with Crippen molar-refractivity contribution in [2.75, 3.05) is 75.5 Å². The number of nitrogens with one attached hydrogen (secondary N) is 4. The summed E-state index contributed by atoms with van der Waals surface area (Å²) in [7, 11) is 2.88. The van der Waals surface area contributed by atoms with E-state index in [1.54, 1.807) is 24.9 Å². The molecule has 5 atom stereocenters.